The number of nitrogens with zero attached hydrogens (tertiary/aromatic N) is 2. The highest BCUT2D eigenvalue weighted by molar-refractivity contribution is 7.23. The van der Waals surface area contributed by atoms with Gasteiger partial charge in [0, 0.05) is 24.8 Å². The highest BCUT2D eigenvalue weighted by atomic mass is 32.1. The van der Waals surface area contributed by atoms with Crippen LogP contribution in [0.5, 0.6) is 17.2 Å². The number of rotatable bonds is 10. The van der Waals surface area contributed by atoms with Crippen molar-refractivity contribution in [3.63, 3.8) is 0 Å². The Morgan fingerprint density at radius 3 is 2.34 bits per heavy atom. The van der Waals surface area contributed by atoms with Crippen LogP contribution in [0.4, 0.5) is 5.82 Å². The standard InChI is InChI=1S/C24H29N3O4S/c1-15(2)31-10-6-9-25-23-22(16-11-18(29-4)13-19(12-16)30-5)26-24-27(23)20-8-7-17(28-3)14-21(20)32-24/h7-8,11-15,25H,6,9-10H2,1-5H3. The molecule has 0 bridgehead atoms. The Bertz CT molecular complexity index is 1190. The summed E-state index contributed by atoms with van der Waals surface area (Å²) in [6.07, 6.45) is 1.12. The van der Waals surface area contributed by atoms with Crippen molar-refractivity contribution in [3.8, 4) is 28.5 Å². The molecule has 0 spiro atoms. The molecule has 0 aliphatic heterocycles. The zero-order valence-electron chi connectivity index (χ0n) is 19.1. The molecule has 0 saturated carbocycles. The molecule has 0 aliphatic rings. The molecular formula is C24H29N3O4S. The second-order valence-corrected chi connectivity index (χ2v) is 8.67. The summed E-state index contributed by atoms with van der Waals surface area (Å²) in [7, 11) is 4.98. The fourth-order valence-electron chi connectivity index (χ4n) is 3.58. The lowest BCUT2D eigenvalue weighted by Gasteiger charge is -2.12. The summed E-state index contributed by atoms with van der Waals surface area (Å²) in [5.41, 5.74) is 2.87. The van der Waals surface area contributed by atoms with Crippen LogP contribution in [0.25, 0.3) is 26.4 Å². The Kier molecular flexibility index (Phi) is 6.72. The molecule has 4 rings (SSSR count). The number of imidazole rings is 1. The summed E-state index contributed by atoms with van der Waals surface area (Å²) < 4.78 is 25.4. The molecule has 0 unspecified atom stereocenters. The Morgan fingerprint density at radius 2 is 1.69 bits per heavy atom. The quantitative estimate of drug-likeness (QED) is 0.320. The highest BCUT2D eigenvalue weighted by Gasteiger charge is 2.20. The van der Waals surface area contributed by atoms with Gasteiger partial charge in [-0.1, -0.05) is 11.3 Å². The second-order valence-electron chi connectivity index (χ2n) is 7.66. The molecule has 0 fully saturated rings. The van der Waals surface area contributed by atoms with Crippen LogP contribution in [-0.2, 0) is 4.74 Å². The van der Waals surface area contributed by atoms with Crippen molar-refractivity contribution in [1.29, 1.82) is 0 Å². The summed E-state index contributed by atoms with van der Waals surface area (Å²) in [4.78, 5) is 5.90. The van der Waals surface area contributed by atoms with E-state index in [0.717, 1.165) is 62.5 Å². The number of thiazole rings is 1. The van der Waals surface area contributed by atoms with Gasteiger partial charge in [0.15, 0.2) is 4.96 Å². The van der Waals surface area contributed by atoms with Crippen LogP contribution in [0.15, 0.2) is 36.4 Å². The molecule has 170 valence electrons. The van der Waals surface area contributed by atoms with Crippen molar-refractivity contribution in [3.05, 3.63) is 36.4 Å². The Morgan fingerprint density at radius 1 is 0.969 bits per heavy atom. The average molecular weight is 456 g/mol. The Balaban J connectivity index is 1.79. The molecule has 8 heteroatoms. The fraction of sp³-hybridized carbons (Fsp3) is 0.375. The number of methoxy groups -OCH3 is 3. The minimum Gasteiger partial charge on any atom is -0.497 e. The van der Waals surface area contributed by atoms with E-state index >= 15 is 0 Å². The van der Waals surface area contributed by atoms with Crippen molar-refractivity contribution in [2.75, 3.05) is 39.8 Å². The number of anilines is 1. The molecule has 32 heavy (non-hydrogen) atoms. The van der Waals surface area contributed by atoms with Gasteiger partial charge in [-0.25, -0.2) is 4.98 Å². The van der Waals surface area contributed by atoms with E-state index in [1.165, 1.54) is 0 Å². The maximum absolute atomic E-state index is 5.70. The van der Waals surface area contributed by atoms with Gasteiger partial charge in [-0.2, -0.15) is 0 Å². The summed E-state index contributed by atoms with van der Waals surface area (Å²) in [5, 5.41) is 3.60. The number of hydrogen-bond acceptors (Lipinski definition) is 7. The van der Waals surface area contributed by atoms with E-state index < -0.39 is 0 Å². The molecule has 2 aromatic carbocycles. The lowest BCUT2D eigenvalue weighted by Crippen LogP contribution is -2.10. The summed E-state index contributed by atoms with van der Waals surface area (Å²) in [6.45, 7) is 5.57. The minimum absolute atomic E-state index is 0.229. The molecule has 4 aromatic rings. The third-order valence-electron chi connectivity index (χ3n) is 5.15. The van der Waals surface area contributed by atoms with Gasteiger partial charge in [0.1, 0.15) is 28.8 Å². The van der Waals surface area contributed by atoms with Crippen LogP contribution in [0, 0.1) is 0 Å². The summed E-state index contributed by atoms with van der Waals surface area (Å²) in [5.74, 6) is 3.22. The third kappa shape index (κ3) is 4.47. The zero-order valence-corrected chi connectivity index (χ0v) is 19.9. The molecule has 0 aliphatic carbocycles. The first-order valence-electron chi connectivity index (χ1n) is 10.6. The number of hydrogen-bond donors (Lipinski definition) is 1. The molecule has 2 aromatic heterocycles. The van der Waals surface area contributed by atoms with Crippen LogP contribution in [0.3, 0.4) is 0 Å². The minimum atomic E-state index is 0.229. The normalized spacial score (nSPS) is 11.4. The lowest BCUT2D eigenvalue weighted by atomic mass is 10.1. The summed E-state index contributed by atoms with van der Waals surface area (Å²) >= 11 is 1.63. The van der Waals surface area contributed by atoms with Crippen molar-refractivity contribution >= 4 is 32.3 Å². The van der Waals surface area contributed by atoms with Gasteiger partial charge in [-0.3, -0.25) is 4.40 Å². The fourth-order valence-corrected chi connectivity index (χ4v) is 4.64. The molecule has 0 amide bonds. The van der Waals surface area contributed by atoms with Crippen LogP contribution in [-0.4, -0.2) is 50.0 Å². The van der Waals surface area contributed by atoms with E-state index in [1.54, 1.807) is 32.7 Å². The molecular weight excluding hydrogens is 426 g/mol. The SMILES string of the molecule is COc1cc(OC)cc(-c2nc3sc4cc(OC)ccc4n3c2NCCCOC(C)C)c1. The first kappa shape index (κ1) is 22.2. The first-order valence-corrected chi connectivity index (χ1v) is 11.4. The van der Waals surface area contributed by atoms with E-state index in [1.807, 2.05) is 44.2 Å². The molecule has 1 N–H and O–H groups in total. The predicted molar refractivity (Wildman–Crippen MR) is 130 cm³/mol. The largest absolute Gasteiger partial charge is 0.497 e. The lowest BCUT2D eigenvalue weighted by molar-refractivity contribution is 0.0787. The molecule has 0 radical (unpaired) electrons. The van der Waals surface area contributed by atoms with Crippen molar-refractivity contribution in [1.82, 2.24) is 9.38 Å². The van der Waals surface area contributed by atoms with Gasteiger partial charge >= 0.3 is 0 Å². The number of benzene rings is 2. The number of nitrogens with one attached hydrogen (secondary N) is 1. The van der Waals surface area contributed by atoms with Gasteiger partial charge in [-0.05, 0) is 50.6 Å². The zero-order chi connectivity index (χ0) is 22.7. The van der Waals surface area contributed by atoms with E-state index in [2.05, 4.69) is 15.8 Å². The van der Waals surface area contributed by atoms with Crippen LogP contribution in [0.2, 0.25) is 0 Å². The number of ether oxygens (including phenoxy) is 4. The average Bonchev–Trinajstić information content (AvgIpc) is 3.33. The van der Waals surface area contributed by atoms with Crippen LogP contribution >= 0.6 is 11.3 Å². The number of aromatic nitrogens is 2. The van der Waals surface area contributed by atoms with Crippen molar-refractivity contribution < 1.29 is 18.9 Å². The first-order chi connectivity index (χ1) is 15.5. The molecule has 0 atom stereocenters. The van der Waals surface area contributed by atoms with Gasteiger partial charge in [0.25, 0.3) is 0 Å². The monoisotopic (exact) mass is 455 g/mol. The third-order valence-corrected chi connectivity index (χ3v) is 6.15. The Labute approximate surface area is 191 Å². The van der Waals surface area contributed by atoms with Gasteiger partial charge in [0.05, 0.1) is 37.6 Å². The second kappa shape index (κ2) is 9.67. The smallest absolute Gasteiger partial charge is 0.197 e. The maximum atomic E-state index is 5.70. The molecule has 7 nitrogen and oxygen atoms in total. The summed E-state index contributed by atoms with van der Waals surface area (Å²) in [6, 6.07) is 11.9. The van der Waals surface area contributed by atoms with Crippen molar-refractivity contribution in [2.24, 2.45) is 0 Å². The highest BCUT2D eigenvalue weighted by Crippen LogP contribution is 2.39. The number of fused-ring (bicyclic) bond motifs is 3. The molecule has 0 saturated heterocycles. The van der Waals surface area contributed by atoms with E-state index in [0.29, 0.717) is 6.61 Å². The van der Waals surface area contributed by atoms with Crippen molar-refractivity contribution in [2.45, 2.75) is 26.4 Å². The predicted octanol–water partition coefficient (Wildman–Crippen LogP) is 5.47. The van der Waals surface area contributed by atoms with Gasteiger partial charge in [-0.15, -0.1) is 0 Å². The van der Waals surface area contributed by atoms with Crippen LogP contribution in [0.1, 0.15) is 20.3 Å². The Hall–Kier alpha value is -2.97. The topological polar surface area (TPSA) is 66.2 Å². The van der Waals surface area contributed by atoms with Gasteiger partial charge < -0.3 is 24.3 Å². The maximum Gasteiger partial charge on any atom is 0.197 e. The van der Waals surface area contributed by atoms with Gasteiger partial charge in [0.2, 0.25) is 0 Å². The molecule has 2 heterocycles. The van der Waals surface area contributed by atoms with E-state index in [-0.39, 0.29) is 6.10 Å². The van der Waals surface area contributed by atoms with Crippen LogP contribution < -0.4 is 19.5 Å². The van der Waals surface area contributed by atoms with E-state index in [4.69, 9.17) is 23.9 Å². The van der Waals surface area contributed by atoms with E-state index in [9.17, 15) is 0 Å².